The first-order valence-electron chi connectivity index (χ1n) is 5.03. The molecule has 1 aromatic carbocycles. The van der Waals surface area contributed by atoms with Crippen LogP contribution < -0.4 is 5.73 Å². The number of hydrogen-bond donors (Lipinski definition) is 1. The van der Waals surface area contributed by atoms with Gasteiger partial charge in [-0.2, -0.15) is 0 Å². The van der Waals surface area contributed by atoms with Crippen molar-refractivity contribution in [1.82, 2.24) is 9.97 Å². The maximum Gasteiger partial charge on any atom is 0.187 e. The summed E-state index contributed by atoms with van der Waals surface area (Å²) in [5, 5.41) is 0.103. The van der Waals surface area contributed by atoms with E-state index >= 15 is 0 Å². The molecule has 5 nitrogen and oxygen atoms in total. The van der Waals surface area contributed by atoms with Gasteiger partial charge in [-0.1, -0.05) is 11.6 Å². The van der Waals surface area contributed by atoms with E-state index in [-0.39, 0.29) is 21.5 Å². The Bertz CT molecular complexity index is 659. The summed E-state index contributed by atoms with van der Waals surface area (Å²) in [6.45, 7) is 0. The van der Waals surface area contributed by atoms with Crippen molar-refractivity contribution in [3.8, 4) is 0 Å². The van der Waals surface area contributed by atoms with Gasteiger partial charge >= 0.3 is 0 Å². The van der Waals surface area contributed by atoms with Crippen LogP contribution in [0.1, 0.15) is 5.82 Å². The molecule has 1 aromatic heterocycles. The Kier molecular flexibility index (Phi) is 3.49. The first kappa shape index (κ1) is 12.8. The highest BCUT2D eigenvalue weighted by Crippen LogP contribution is 2.25. The number of halogens is 1. The summed E-state index contributed by atoms with van der Waals surface area (Å²) in [6, 6.07) is 5.90. The van der Waals surface area contributed by atoms with Crippen LogP contribution in [0.4, 0.5) is 5.69 Å². The second-order valence-electron chi connectivity index (χ2n) is 3.61. The fourth-order valence-corrected chi connectivity index (χ4v) is 3.24. The van der Waals surface area contributed by atoms with Crippen molar-refractivity contribution in [2.75, 3.05) is 5.73 Å². The van der Waals surface area contributed by atoms with E-state index < -0.39 is 9.84 Å². The van der Waals surface area contributed by atoms with Crippen LogP contribution in [0.2, 0.25) is 5.02 Å². The number of rotatable bonds is 3. The van der Waals surface area contributed by atoms with Crippen LogP contribution >= 0.6 is 11.6 Å². The SMILES string of the molecule is Nc1ccc(S(=O)(=O)Cc2ncccn2)c(Cl)c1. The van der Waals surface area contributed by atoms with Crippen molar-refractivity contribution in [3.05, 3.63) is 47.5 Å². The van der Waals surface area contributed by atoms with Crippen LogP contribution in [-0.4, -0.2) is 18.4 Å². The zero-order valence-electron chi connectivity index (χ0n) is 9.25. The molecule has 94 valence electrons. The minimum Gasteiger partial charge on any atom is -0.399 e. The number of sulfone groups is 1. The molecule has 0 bridgehead atoms. The summed E-state index contributed by atoms with van der Waals surface area (Å²) in [7, 11) is -3.57. The normalized spacial score (nSPS) is 11.4. The van der Waals surface area contributed by atoms with Crippen LogP contribution in [0.3, 0.4) is 0 Å². The van der Waals surface area contributed by atoms with Gasteiger partial charge in [0.15, 0.2) is 9.84 Å². The standard InChI is InChI=1S/C11H10ClN3O2S/c12-9-6-8(13)2-3-10(9)18(16,17)7-11-14-4-1-5-15-11/h1-6H,7,13H2. The van der Waals surface area contributed by atoms with Gasteiger partial charge in [-0.15, -0.1) is 0 Å². The molecule has 0 unspecified atom stereocenters. The van der Waals surface area contributed by atoms with Crippen molar-refractivity contribution < 1.29 is 8.42 Å². The molecule has 18 heavy (non-hydrogen) atoms. The van der Waals surface area contributed by atoms with Crippen LogP contribution in [0.5, 0.6) is 0 Å². The van der Waals surface area contributed by atoms with Crippen LogP contribution in [0.15, 0.2) is 41.6 Å². The van der Waals surface area contributed by atoms with Crippen molar-refractivity contribution in [3.63, 3.8) is 0 Å². The third-order valence-electron chi connectivity index (χ3n) is 2.23. The largest absolute Gasteiger partial charge is 0.399 e. The third kappa shape index (κ3) is 2.77. The molecule has 2 aromatic rings. The van der Waals surface area contributed by atoms with Crippen molar-refractivity contribution in [2.45, 2.75) is 10.6 Å². The summed E-state index contributed by atoms with van der Waals surface area (Å²) in [5.74, 6) is -0.0670. The quantitative estimate of drug-likeness (QED) is 0.866. The van der Waals surface area contributed by atoms with E-state index in [4.69, 9.17) is 17.3 Å². The molecular weight excluding hydrogens is 274 g/mol. The number of hydrogen-bond acceptors (Lipinski definition) is 5. The minimum atomic E-state index is -3.57. The van der Waals surface area contributed by atoms with Gasteiger partial charge in [0, 0.05) is 18.1 Å². The number of aromatic nitrogens is 2. The molecule has 0 radical (unpaired) electrons. The molecule has 0 spiro atoms. The first-order valence-corrected chi connectivity index (χ1v) is 7.06. The second kappa shape index (κ2) is 4.91. The molecule has 0 saturated carbocycles. The highest BCUT2D eigenvalue weighted by Gasteiger charge is 2.20. The minimum absolute atomic E-state index is 0.0332. The van der Waals surface area contributed by atoms with E-state index in [2.05, 4.69) is 9.97 Å². The number of nitrogens with two attached hydrogens (primary N) is 1. The van der Waals surface area contributed by atoms with Gasteiger partial charge in [-0.25, -0.2) is 18.4 Å². The van der Waals surface area contributed by atoms with Gasteiger partial charge < -0.3 is 5.73 Å². The lowest BCUT2D eigenvalue weighted by atomic mass is 10.3. The van der Waals surface area contributed by atoms with E-state index in [9.17, 15) is 8.42 Å². The van der Waals surface area contributed by atoms with Gasteiger partial charge in [0.2, 0.25) is 0 Å². The highest BCUT2D eigenvalue weighted by molar-refractivity contribution is 7.90. The summed E-state index contributed by atoms with van der Waals surface area (Å²) in [5.41, 5.74) is 5.93. The van der Waals surface area contributed by atoms with Gasteiger partial charge in [-0.05, 0) is 24.3 Å². The maximum atomic E-state index is 12.1. The van der Waals surface area contributed by atoms with Gasteiger partial charge in [-0.3, -0.25) is 0 Å². The van der Waals surface area contributed by atoms with Crippen LogP contribution in [-0.2, 0) is 15.6 Å². The Hall–Kier alpha value is -1.66. The van der Waals surface area contributed by atoms with E-state index in [1.807, 2.05) is 0 Å². The zero-order chi connectivity index (χ0) is 13.2. The smallest absolute Gasteiger partial charge is 0.187 e. The molecule has 0 saturated heterocycles. The number of nitrogen functional groups attached to an aromatic ring is 1. The van der Waals surface area contributed by atoms with Gasteiger partial charge in [0.05, 0.1) is 9.92 Å². The topological polar surface area (TPSA) is 85.9 Å². The molecule has 0 aliphatic carbocycles. The van der Waals surface area contributed by atoms with Crippen LogP contribution in [0.25, 0.3) is 0 Å². The van der Waals surface area contributed by atoms with Crippen molar-refractivity contribution in [2.24, 2.45) is 0 Å². The molecule has 7 heteroatoms. The predicted octanol–water partition coefficient (Wildman–Crippen LogP) is 1.69. The Balaban J connectivity index is 2.37. The Morgan fingerprint density at radius 2 is 1.89 bits per heavy atom. The van der Waals surface area contributed by atoms with Gasteiger partial charge in [0.1, 0.15) is 11.6 Å². The molecule has 2 rings (SSSR count). The van der Waals surface area contributed by atoms with E-state index in [0.29, 0.717) is 5.69 Å². The Labute approximate surface area is 110 Å². The van der Waals surface area contributed by atoms with E-state index in [0.717, 1.165) is 0 Å². The molecule has 0 aliphatic heterocycles. The van der Waals surface area contributed by atoms with Gasteiger partial charge in [0.25, 0.3) is 0 Å². The van der Waals surface area contributed by atoms with Crippen molar-refractivity contribution in [1.29, 1.82) is 0 Å². The molecule has 0 aliphatic rings. The molecule has 2 N–H and O–H groups in total. The lowest BCUT2D eigenvalue weighted by Gasteiger charge is -2.06. The summed E-state index contributed by atoms with van der Waals surface area (Å²) in [6.07, 6.45) is 2.98. The molecular formula is C11H10ClN3O2S. The monoisotopic (exact) mass is 283 g/mol. The Morgan fingerprint density at radius 3 is 2.50 bits per heavy atom. The van der Waals surface area contributed by atoms with Crippen molar-refractivity contribution >= 4 is 27.1 Å². The second-order valence-corrected chi connectivity index (χ2v) is 5.98. The molecule has 0 atom stereocenters. The van der Waals surface area contributed by atoms with Crippen LogP contribution in [0, 0.1) is 0 Å². The summed E-state index contributed by atoms with van der Waals surface area (Å²) in [4.78, 5) is 7.79. The maximum absolute atomic E-state index is 12.1. The summed E-state index contributed by atoms with van der Waals surface area (Å²) >= 11 is 5.88. The third-order valence-corrected chi connectivity index (χ3v) is 4.32. The Morgan fingerprint density at radius 1 is 1.22 bits per heavy atom. The first-order chi connectivity index (χ1) is 8.49. The number of benzene rings is 1. The predicted molar refractivity (Wildman–Crippen MR) is 68.8 cm³/mol. The fraction of sp³-hybridized carbons (Fsp3) is 0.0909. The fourth-order valence-electron chi connectivity index (χ4n) is 1.42. The molecule has 0 fully saturated rings. The number of anilines is 1. The average Bonchev–Trinajstić information content (AvgIpc) is 2.29. The lowest BCUT2D eigenvalue weighted by Crippen LogP contribution is -2.08. The zero-order valence-corrected chi connectivity index (χ0v) is 10.8. The van der Waals surface area contributed by atoms with E-state index in [1.165, 1.54) is 30.6 Å². The highest BCUT2D eigenvalue weighted by atomic mass is 35.5. The molecule has 0 amide bonds. The average molecular weight is 284 g/mol. The molecule has 1 heterocycles. The number of nitrogens with zero attached hydrogens (tertiary/aromatic N) is 2. The lowest BCUT2D eigenvalue weighted by molar-refractivity contribution is 0.594. The summed E-state index contributed by atoms with van der Waals surface area (Å²) < 4.78 is 24.3. The van der Waals surface area contributed by atoms with E-state index in [1.54, 1.807) is 6.07 Å².